The van der Waals surface area contributed by atoms with Crippen molar-refractivity contribution in [2.24, 2.45) is 0 Å². The standard InChI is InChI=1S/2K.Mg.2H2O4S.4H2O/c;;;2*1-5(2,3)4;;;;/h;;;2*(H2,1,2,3,4);4*1H2/q2*+1;+2;;;;;;/p-4. The van der Waals surface area contributed by atoms with Crippen molar-refractivity contribution >= 4 is 43.9 Å². The van der Waals surface area contributed by atoms with Crippen molar-refractivity contribution < 1.29 is 160 Å². The number of hydrogen-bond donors (Lipinski definition) is 0. The van der Waals surface area contributed by atoms with E-state index in [-0.39, 0.29) is 148 Å². The Labute approximate surface area is 199 Å². The van der Waals surface area contributed by atoms with Crippen molar-refractivity contribution in [1.82, 2.24) is 0 Å². The molecule has 8 N–H and O–H groups in total. The molecule has 0 saturated carbocycles. The van der Waals surface area contributed by atoms with Gasteiger partial charge in [0.1, 0.15) is 0 Å². The molecule has 17 heteroatoms. The Morgan fingerprint density at radius 3 is 0.529 bits per heavy atom. The van der Waals surface area contributed by atoms with E-state index in [0.29, 0.717) is 0 Å². The van der Waals surface area contributed by atoms with Crippen molar-refractivity contribution in [1.29, 1.82) is 0 Å². The topological polar surface area (TPSA) is 287 Å². The van der Waals surface area contributed by atoms with Crippen LogP contribution in [0.25, 0.3) is 0 Å². The van der Waals surface area contributed by atoms with Gasteiger partial charge in [-0.25, -0.2) is 0 Å². The third-order valence-corrected chi connectivity index (χ3v) is 0. The average molecular weight is 367 g/mol. The van der Waals surface area contributed by atoms with Crippen molar-refractivity contribution in [3.63, 3.8) is 0 Å². The van der Waals surface area contributed by atoms with E-state index in [9.17, 15) is 0 Å². The van der Waals surface area contributed by atoms with Crippen LogP contribution in [-0.4, -0.2) is 80.0 Å². The van der Waals surface area contributed by atoms with E-state index in [1.54, 1.807) is 0 Å². The number of hydrogen-bond acceptors (Lipinski definition) is 8. The summed E-state index contributed by atoms with van der Waals surface area (Å²) in [7, 11) is -10.3. The van der Waals surface area contributed by atoms with Crippen molar-refractivity contribution in [2.45, 2.75) is 0 Å². The molecule has 0 aromatic heterocycles. The first kappa shape index (κ1) is 58.8. The van der Waals surface area contributed by atoms with Crippen LogP contribution in [0.2, 0.25) is 0 Å². The van der Waals surface area contributed by atoms with Crippen LogP contribution in [0.15, 0.2) is 0 Å². The summed E-state index contributed by atoms with van der Waals surface area (Å²) >= 11 is 0. The summed E-state index contributed by atoms with van der Waals surface area (Å²) in [6.45, 7) is 0. The van der Waals surface area contributed by atoms with Crippen LogP contribution in [0.4, 0.5) is 0 Å². The Morgan fingerprint density at radius 2 is 0.529 bits per heavy atom. The van der Waals surface area contributed by atoms with E-state index in [1.165, 1.54) is 0 Å². The maximum absolute atomic E-state index is 8.52. The molecular weight excluding hydrogens is 359 g/mol. The smallest absolute Gasteiger partial charge is 0.759 e. The van der Waals surface area contributed by atoms with Crippen LogP contribution in [0, 0.1) is 0 Å². The summed E-state index contributed by atoms with van der Waals surface area (Å²) in [5.41, 5.74) is 0. The van der Waals surface area contributed by atoms with Crippen molar-refractivity contribution in [3.05, 3.63) is 0 Å². The van der Waals surface area contributed by atoms with E-state index in [2.05, 4.69) is 0 Å². The molecule has 0 unspecified atom stereocenters. The zero-order valence-electron chi connectivity index (χ0n) is 8.79. The first-order valence-corrected chi connectivity index (χ1v) is 4.00. The minimum atomic E-state index is -5.17. The van der Waals surface area contributed by atoms with Gasteiger partial charge in [-0.15, -0.1) is 0 Å². The predicted molar refractivity (Wildman–Crippen MR) is 41.2 cm³/mol. The molecule has 0 rings (SSSR count). The second-order valence-corrected chi connectivity index (χ2v) is 2.45. The van der Waals surface area contributed by atoms with E-state index in [0.717, 1.165) is 0 Å². The molecule has 0 aliphatic carbocycles. The minimum absolute atomic E-state index is 0. The maximum atomic E-state index is 8.52. The molecule has 0 saturated heterocycles. The molecule has 12 nitrogen and oxygen atoms in total. The predicted octanol–water partition coefficient (Wildman–Crippen LogP) is -12.3. The van der Waals surface area contributed by atoms with Crippen LogP contribution >= 0.6 is 0 Å². The van der Waals surface area contributed by atoms with Crippen LogP contribution in [-0.2, 0) is 20.8 Å². The Morgan fingerprint density at radius 1 is 0.529 bits per heavy atom. The molecule has 0 spiro atoms. The second kappa shape index (κ2) is 27.9. The van der Waals surface area contributed by atoms with Crippen LogP contribution in [0.5, 0.6) is 0 Å². The fourth-order valence-electron chi connectivity index (χ4n) is 0. The summed E-state index contributed by atoms with van der Waals surface area (Å²) in [4.78, 5) is 0. The normalized spacial score (nSPS) is 6.82. The largest absolute Gasteiger partial charge is 2.00 e. The summed E-state index contributed by atoms with van der Waals surface area (Å²) in [6, 6.07) is 0. The quantitative estimate of drug-likeness (QED) is 0.224. The zero-order valence-corrected chi connectivity index (χ0v) is 18.1. The van der Waals surface area contributed by atoms with Gasteiger partial charge in [-0.3, -0.25) is 16.8 Å². The van der Waals surface area contributed by atoms with Gasteiger partial charge in [0, 0.05) is 20.8 Å². The molecule has 0 aliphatic heterocycles. The molecule has 0 aliphatic rings. The summed E-state index contributed by atoms with van der Waals surface area (Å²) in [5, 5.41) is 0. The van der Waals surface area contributed by atoms with E-state index >= 15 is 0 Å². The van der Waals surface area contributed by atoms with Crippen molar-refractivity contribution in [2.75, 3.05) is 0 Å². The SMILES string of the molecule is O.O.O.O.O=S(=O)([O-])[O-].O=S(=O)([O-])[O-].[K+].[K+].[Mg+2]. The molecule has 0 aromatic rings. The minimum Gasteiger partial charge on any atom is -0.759 e. The van der Waals surface area contributed by atoms with Gasteiger partial charge in [0.15, 0.2) is 0 Å². The van der Waals surface area contributed by atoms with Gasteiger partial charge in [0.2, 0.25) is 0 Å². The monoisotopic (exact) mass is 366 g/mol. The summed E-state index contributed by atoms with van der Waals surface area (Å²) < 4.78 is 68.2. The first-order valence-electron chi connectivity index (χ1n) is 1.33. The molecular formula is H8K2MgO12S2. The Bertz CT molecular complexity index is 219. The van der Waals surface area contributed by atoms with E-state index < -0.39 is 20.8 Å². The average Bonchev–Trinajstić information content (AvgIpc) is 1.12. The van der Waals surface area contributed by atoms with E-state index in [4.69, 9.17) is 35.0 Å². The van der Waals surface area contributed by atoms with E-state index in [1.807, 2.05) is 0 Å². The Hall–Kier alpha value is 3.62. The van der Waals surface area contributed by atoms with Crippen LogP contribution in [0.3, 0.4) is 0 Å². The molecule has 17 heavy (non-hydrogen) atoms. The molecule has 0 fully saturated rings. The molecule has 96 valence electrons. The summed E-state index contributed by atoms with van der Waals surface area (Å²) in [5.74, 6) is 0. The Balaban J connectivity index is -0.00000000762. The van der Waals surface area contributed by atoms with Gasteiger partial charge in [0.05, 0.1) is 0 Å². The third-order valence-electron chi connectivity index (χ3n) is 0. The third kappa shape index (κ3) is 465. The van der Waals surface area contributed by atoms with Crippen molar-refractivity contribution in [3.8, 4) is 0 Å². The van der Waals surface area contributed by atoms with Gasteiger partial charge >= 0.3 is 126 Å². The van der Waals surface area contributed by atoms with Crippen LogP contribution in [0.1, 0.15) is 0 Å². The maximum Gasteiger partial charge on any atom is 2.00 e. The molecule has 0 atom stereocenters. The molecule has 0 heterocycles. The first-order chi connectivity index (χ1) is 4.00. The fraction of sp³-hybridized carbons (Fsp3) is 0. The number of rotatable bonds is 0. The molecule has 0 aromatic carbocycles. The summed E-state index contributed by atoms with van der Waals surface area (Å²) in [6.07, 6.45) is 0. The second-order valence-electron chi connectivity index (χ2n) is 0.816. The molecule has 0 amide bonds. The molecule has 0 bridgehead atoms. The van der Waals surface area contributed by atoms with Gasteiger partial charge in [-0.05, 0) is 0 Å². The fourth-order valence-corrected chi connectivity index (χ4v) is 0. The zero-order chi connectivity index (χ0) is 9.00. The van der Waals surface area contributed by atoms with Crippen LogP contribution < -0.4 is 103 Å². The van der Waals surface area contributed by atoms with Gasteiger partial charge in [0.25, 0.3) is 0 Å². The van der Waals surface area contributed by atoms with Gasteiger partial charge in [-0.1, -0.05) is 0 Å². The Kier molecular flexibility index (Phi) is 96.4. The molecule has 0 radical (unpaired) electrons. The van der Waals surface area contributed by atoms with Gasteiger partial charge < -0.3 is 40.1 Å². The van der Waals surface area contributed by atoms with Gasteiger partial charge in [-0.2, -0.15) is 0 Å².